The third-order valence-corrected chi connectivity index (χ3v) is 9.11. The third-order valence-electron chi connectivity index (χ3n) is 8.48. The van der Waals surface area contributed by atoms with Crippen LogP contribution in [0.4, 0.5) is 0 Å². The molecule has 5 aromatic rings. The molecule has 0 radical (unpaired) electrons. The maximum absolute atomic E-state index is 11.4. The van der Waals surface area contributed by atoms with Crippen LogP contribution in [-0.4, -0.2) is 31.5 Å². The van der Waals surface area contributed by atoms with Gasteiger partial charge in [0.05, 0.1) is 26.7 Å². The summed E-state index contributed by atoms with van der Waals surface area (Å²) < 4.78 is 12.0. The van der Waals surface area contributed by atoms with Gasteiger partial charge in [-0.05, 0) is 73.9 Å². The number of rotatable bonds is 8. The van der Waals surface area contributed by atoms with Gasteiger partial charge in [-0.3, -0.25) is 5.10 Å². The number of benzene rings is 3. The van der Waals surface area contributed by atoms with Gasteiger partial charge in [-0.2, -0.15) is 5.10 Å². The SMILES string of the molecule is Cc1cccc(Cl)c1-c1noc(C2CC2)c1COc1ccc(C2(O)CC(c3ccc4c(C(=O)O)n[nH]c4c3)C2)c(Cl)c1. The molecule has 0 unspecified atom stereocenters. The van der Waals surface area contributed by atoms with E-state index in [2.05, 4.69) is 15.4 Å². The largest absolute Gasteiger partial charge is 0.489 e. The Kier molecular flexibility index (Phi) is 6.53. The molecule has 0 bridgehead atoms. The van der Waals surface area contributed by atoms with E-state index >= 15 is 0 Å². The number of nitrogens with zero attached hydrogens (tertiary/aromatic N) is 2. The van der Waals surface area contributed by atoms with Gasteiger partial charge in [-0.15, -0.1) is 0 Å². The Hall–Kier alpha value is -3.85. The summed E-state index contributed by atoms with van der Waals surface area (Å²) in [5, 5.41) is 33.4. The summed E-state index contributed by atoms with van der Waals surface area (Å²) in [5.41, 5.74) is 4.69. The van der Waals surface area contributed by atoms with E-state index in [-0.39, 0.29) is 18.2 Å². The lowest BCUT2D eigenvalue weighted by molar-refractivity contribution is -0.0549. The summed E-state index contributed by atoms with van der Waals surface area (Å²) in [6.45, 7) is 2.24. The number of aliphatic hydroxyl groups is 1. The van der Waals surface area contributed by atoms with Gasteiger partial charge in [0.25, 0.3) is 0 Å². The number of H-pyrrole nitrogens is 1. The van der Waals surface area contributed by atoms with Gasteiger partial charge in [0.1, 0.15) is 23.8 Å². The van der Waals surface area contributed by atoms with Gasteiger partial charge in [-0.1, -0.05) is 58.7 Å². The van der Waals surface area contributed by atoms with Crippen molar-refractivity contribution < 1.29 is 24.3 Å². The first-order valence-electron chi connectivity index (χ1n) is 13.8. The topological polar surface area (TPSA) is 121 Å². The van der Waals surface area contributed by atoms with Crippen molar-refractivity contribution in [3.8, 4) is 17.0 Å². The first-order chi connectivity index (χ1) is 20.2. The summed E-state index contributed by atoms with van der Waals surface area (Å²) in [4.78, 5) is 11.4. The van der Waals surface area contributed by atoms with E-state index in [9.17, 15) is 15.0 Å². The molecule has 7 rings (SSSR count). The van der Waals surface area contributed by atoms with Gasteiger partial charge < -0.3 is 19.5 Å². The zero-order valence-corrected chi connectivity index (χ0v) is 24.2. The molecule has 42 heavy (non-hydrogen) atoms. The van der Waals surface area contributed by atoms with E-state index in [1.54, 1.807) is 12.1 Å². The molecule has 0 aliphatic heterocycles. The zero-order valence-electron chi connectivity index (χ0n) is 22.7. The van der Waals surface area contributed by atoms with Crippen LogP contribution in [-0.2, 0) is 12.2 Å². The van der Waals surface area contributed by atoms with Crippen LogP contribution in [0.1, 0.15) is 76.0 Å². The number of aromatic nitrogens is 3. The van der Waals surface area contributed by atoms with E-state index in [0.717, 1.165) is 40.9 Å². The fourth-order valence-corrected chi connectivity index (χ4v) is 6.70. The number of aromatic amines is 1. The van der Waals surface area contributed by atoms with Gasteiger partial charge >= 0.3 is 5.97 Å². The van der Waals surface area contributed by atoms with Crippen LogP contribution in [0.3, 0.4) is 0 Å². The predicted molar refractivity (Wildman–Crippen MR) is 158 cm³/mol. The number of ether oxygens (including phenoxy) is 1. The second kappa shape index (κ2) is 10.2. The Labute approximate surface area is 251 Å². The van der Waals surface area contributed by atoms with Crippen LogP contribution in [0.25, 0.3) is 22.2 Å². The standard InChI is InChI=1S/C32H27Cl2N3O5/c1-16-3-2-4-24(33)27(16)28-22(30(42-37-28)17-5-6-17)15-41-20-8-10-23(25(34)12-20)32(40)13-19(14-32)18-7-9-21-26(11-18)35-36-29(21)31(38)39/h2-4,7-12,17,19,40H,5-6,13-15H2,1H3,(H,35,36)(H,38,39). The molecule has 3 N–H and O–H groups in total. The maximum atomic E-state index is 11.4. The Morgan fingerprint density at radius 2 is 1.90 bits per heavy atom. The summed E-state index contributed by atoms with van der Waals surface area (Å²) in [7, 11) is 0. The van der Waals surface area contributed by atoms with Crippen molar-refractivity contribution in [3.63, 3.8) is 0 Å². The lowest BCUT2D eigenvalue weighted by Gasteiger charge is -2.44. The number of halogens is 2. The summed E-state index contributed by atoms with van der Waals surface area (Å²) in [5.74, 6) is 0.785. The highest BCUT2D eigenvalue weighted by Gasteiger charge is 2.46. The van der Waals surface area contributed by atoms with Crippen LogP contribution < -0.4 is 4.74 Å². The summed E-state index contributed by atoms with van der Waals surface area (Å²) >= 11 is 13.3. The van der Waals surface area contributed by atoms with Crippen molar-refractivity contribution >= 4 is 40.1 Å². The number of aryl methyl sites for hydroxylation is 1. The van der Waals surface area contributed by atoms with Crippen LogP contribution >= 0.6 is 23.2 Å². The van der Waals surface area contributed by atoms with E-state index in [0.29, 0.717) is 56.7 Å². The molecule has 0 saturated heterocycles. The van der Waals surface area contributed by atoms with Crippen LogP contribution in [0.5, 0.6) is 5.75 Å². The van der Waals surface area contributed by atoms with Gasteiger partial charge in [-0.25, -0.2) is 4.79 Å². The second-order valence-corrected chi connectivity index (χ2v) is 12.1. The average Bonchev–Trinajstić information content (AvgIpc) is 3.56. The molecular weight excluding hydrogens is 577 g/mol. The highest BCUT2D eigenvalue weighted by molar-refractivity contribution is 6.33. The Morgan fingerprint density at radius 1 is 1.10 bits per heavy atom. The van der Waals surface area contributed by atoms with E-state index in [1.807, 2.05) is 49.4 Å². The van der Waals surface area contributed by atoms with Crippen molar-refractivity contribution in [2.24, 2.45) is 0 Å². The first-order valence-corrected chi connectivity index (χ1v) is 14.6. The van der Waals surface area contributed by atoms with Crippen LogP contribution in [0.2, 0.25) is 10.0 Å². The molecule has 2 fully saturated rings. The molecule has 0 amide bonds. The number of carboxylic acid groups (broad SMARTS) is 1. The Balaban J connectivity index is 1.08. The number of aromatic carboxylic acids is 1. The lowest BCUT2D eigenvalue weighted by Crippen LogP contribution is -2.40. The fourth-order valence-electron chi connectivity index (χ4n) is 6.04. The lowest BCUT2D eigenvalue weighted by atomic mass is 9.65. The second-order valence-electron chi connectivity index (χ2n) is 11.3. The van der Waals surface area contributed by atoms with E-state index in [4.69, 9.17) is 32.5 Å². The molecule has 2 aliphatic rings. The zero-order chi connectivity index (χ0) is 29.2. The molecule has 0 spiro atoms. The molecule has 2 aliphatic carbocycles. The first kappa shape index (κ1) is 27.0. The molecule has 214 valence electrons. The maximum Gasteiger partial charge on any atom is 0.357 e. The van der Waals surface area contributed by atoms with Gasteiger partial charge in [0, 0.05) is 22.4 Å². The Bertz CT molecular complexity index is 1830. The number of carbonyl (C=O) groups is 1. The van der Waals surface area contributed by atoms with Crippen molar-refractivity contribution in [1.29, 1.82) is 0 Å². The van der Waals surface area contributed by atoms with E-state index < -0.39 is 11.6 Å². The monoisotopic (exact) mass is 603 g/mol. The highest BCUT2D eigenvalue weighted by atomic mass is 35.5. The summed E-state index contributed by atoms with van der Waals surface area (Å²) in [6.07, 6.45) is 3.10. The number of fused-ring (bicyclic) bond motifs is 1. The van der Waals surface area contributed by atoms with Crippen LogP contribution in [0, 0.1) is 6.92 Å². The minimum atomic E-state index is -1.07. The molecule has 2 saturated carbocycles. The molecule has 0 atom stereocenters. The minimum absolute atomic E-state index is 0.00116. The smallest absolute Gasteiger partial charge is 0.357 e. The number of nitrogens with one attached hydrogen (secondary N) is 1. The molecule has 3 aromatic carbocycles. The fraction of sp³-hybridized carbons (Fsp3) is 0.281. The van der Waals surface area contributed by atoms with Crippen molar-refractivity contribution in [2.75, 3.05) is 0 Å². The number of carboxylic acids is 1. The highest BCUT2D eigenvalue weighted by Crippen LogP contribution is 2.53. The molecule has 8 nitrogen and oxygen atoms in total. The molecule has 2 aromatic heterocycles. The predicted octanol–water partition coefficient (Wildman–Crippen LogP) is 7.75. The van der Waals surface area contributed by atoms with Gasteiger partial charge in [0.2, 0.25) is 0 Å². The van der Waals surface area contributed by atoms with Crippen molar-refractivity contribution in [1.82, 2.24) is 15.4 Å². The summed E-state index contributed by atoms with van der Waals surface area (Å²) in [6, 6.07) is 16.7. The normalized spacial score (nSPS) is 20.0. The molecule has 10 heteroatoms. The quantitative estimate of drug-likeness (QED) is 0.166. The van der Waals surface area contributed by atoms with E-state index in [1.165, 1.54) is 0 Å². The molecule has 2 heterocycles. The van der Waals surface area contributed by atoms with Crippen LogP contribution in [0.15, 0.2) is 59.1 Å². The Morgan fingerprint density at radius 3 is 2.62 bits per heavy atom. The number of hydrogen-bond donors (Lipinski definition) is 3. The van der Waals surface area contributed by atoms with Crippen molar-refractivity contribution in [2.45, 2.75) is 56.7 Å². The minimum Gasteiger partial charge on any atom is -0.489 e. The van der Waals surface area contributed by atoms with Crippen molar-refractivity contribution in [3.05, 3.63) is 98.4 Å². The molecular formula is C32H27Cl2N3O5. The third kappa shape index (κ3) is 4.64. The van der Waals surface area contributed by atoms with Gasteiger partial charge in [0.15, 0.2) is 5.69 Å². The number of hydrogen-bond acceptors (Lipinski definition) is 6. The average molecular weight is 604 g/mol.